The van der Waals surface area contributed by atoms with Crippen molar-refractivity contribution in [2.45, 2.75) is 13.0 Å². The van der Waals surface area contributed by atoms with E-state index >= 15 is 0 Å². The molecule has 0 amide bonds. The molecule has 12 nitrogen and oxygen atoms in total. The van der Waals surface area contributed by atoms with Crippen molar-refractivity contribution in [3.8, 4) is 5.75 Å². The minimum Gasteiger partial charge on any atom is -0.502 e. The summed E-state index contributed by atoms with van der Waals surface area (Å²) in [5.41, 5.74) is -0.772. The third kappa shape index (κ3) is 5.01. The lowest BCUT2D eigenvalue weighted by Crippen LogP contribution is -2.40. The molecule has 206 valence electrons. The number of benzene rings is 3. The molecule has 0 radical (unpaired) electrons. The molecule has 1 aliphatic rings. The van der Waals surface area contributed by atoms with Crippen molar-refractivity contribution in [3.05, 3.63) is 135 Å². The molecule has 0 saturated carbocycles. The quantitative estimate of drug-likeness (QED) is 0.200. The molecule has 5 rings (SSSR count). The summed E-state index contributed by atoms with van der Waals surface area (Å²) in [7, 11) is 0. The molecule has 0 spiro atoms. The molecule has 1 aromatic heterocycles. The highest BCUT2D eigenvalue weighted by Crippen LogP contribution is 2.36. The number of rotatable bonds is 7. The van der Waals surface area contributed by atoms with E-state index in [1.165, 1.54) is 4.57 Å². The van der Waals surface area contributed by atoms with Crippen LogP contribution in [0.1, 0.15) is 29.7 Å². The summed E-state index contributed by atoms with van der Waals surface area (Å²) in [6, 6.07) is 18.4. The van der Waals surface area contributed by atoms with Crippen molar-refractivity contribution in [2.75, 3.05) is 6.61 Å². The molecule has 0 saturated heterocycles. The summed E-state index contributed by atoms with van der Waals surface area (Å²) in [6.07, 6.45) is 1.14. The van der Waals surface area contributed by atoms with E-state index in [9.17, 15) is 34.9 Å². The second kappa shape index (κ2) is 11.0. The molecular formula is C28H20N4O8S. The van der Waals surface area contributed by atoms with Crippen LogP contribution in [-0.4, -0.2) is 32.1 Å². The van der Waals surface area contributed by atoms with E-state index in [0.717, 1.165) is 23.5 Å². The van der Waals surface area contributed by atoms with Gasteiger partial charge in [-0.05, 0) is 18.6 Å². The standard InChI is InChI=1S/C28H20N4O8S/c1-2-40-27(35)22-23(16-9-5-3-6-10-16)29-28-30(24(22)17-11-7-4-8-12-17)26(34)21(41-28)14-18-13-19(31(36)37)15-20(25(18)33)32(38)39/h3-15,24,33H,2H2,1H3/b21-14-/t24-/m0/s1. The molecule has 3 aromatic carbocycles. The topological polar surface area (TPSA) is 167 Å². The number of aromatic nitrogens is 1. The first kappa shape index (κ1) is 27.1. The van der Waals surface area contributed by atoms with Crippen LogP contribution in [0.15, 0.2) is 88.2 Å². The summed E-state index contributed by atoms with van der Waals surface area (Å²) in [5.74, 6) is -1.49. The number of hydrogen-bond donors (Lipinski definition) is 1. The first-order valence-electron chi connectivity index (χ1n) is 12.2. The summed E-state index contributed by atoms with van der Waals surface area (Å²) in [4.78, 5) is 53.2. The van der Waals surface area contributed by atoms with Crippen molar-refractivity contribution in [1.29, 1.82) is 0 Å². The minimum atomic E-state index is -0.950. The number of phenols is 1. The van der Waals surface area contributed by atoms with Gasteiger partial charge in [0.1, 0.15) is 0 Å². The second-order valence-corrected chi connectivity index (χ2v) is 9.77. The molecule has 0 fully saturated rings. The number of carbonyl (C=O) groups is 1. The summed E-state index contributed by atoms with van der Waals surface area (Å²) < 4.78 is 6.68. The Morgan fingerprint density at radius 3 is 2.34 bits per heavy atom. The molecular weight excluding hydrogens is 552 g/mol. The molecule has 1 aliphatic heterocycles. The monoisotopic (exact) mass is 572 g/mol. The molecule has 1 N–H and O–H groups in total. The molecule has 13 heteroatoms. The van der Waals surface area contributed by atoms with Gasteiger partial charge in [0.05, 0.1) is 44.4 Å². The number of nitro groups is 2. The highest BCUT2D eigenvalue weighted by molar-refractivity contribution is 7.07. The van der Waals surface area contributed by atoms with Gasteiger partial charge in [-0.15, -0.1) is 0 Å². The Balaban J connectivity index is 1.84. The third-order valence-corrected chi connectivity index (χ3v) is 7.27. The number of aromatic hydroxyl groups is 1. The van der Waals surface area contributed by atoms with E-state index in [1.54, 1.807) is 61.5 Å². The fraction of sp³-hybridized carbons (Fsp3) is 0.107. The van der Waals surface area contributed by atoms with Gasteiger partial charge in [-0.25, -0.2) is 9.79 Å². The SMILES string of the molecule is CCOC(=O)C1=C(c2ccccc2)N=c2s/c(=C\c3cc([N+](=O)[O-])cc([N+](=O)[O-])c3O)c(=O)n2[C@H]1c1ccccc1. The Morgan fingerprint density at radius 2 is 1.73 bits per heavy atom. The zero-order valence-corrected chi connectivity index (χ0v) is 22.1. The van der Waals surface area contributed by atoms with Crippen LogP contribution in [0.5, 0.6) is 5.75 Å². The highest BCUT2D eigenvalue weighted by Gasteiger charge is 2.35. The van der Waals surface area contributed by atoms with Gasteiger partial charge in [0.25, 0.3) is 11.2 Å². The first-order chi connectivity index (χ1) is 19.7. The number of nitrogens with zero attached hydrogens (tertiary/aromatic N) is 4. The van der Waals surface area contributed by atoms with E-state index in [2.05, 4.69) is 4.99 Å². The minimum absolute atomic E-state index is 0.0210. The number of hydrogen-bond acceptors (Lipinski definition) is 10. The number of carbonyl (C=O) groups excluding carboxylic acids is 1. The molecule has 0 bridgehead atoms. The average Bonchev–Trinajstić information content (AvgIpc) is 3.28. The Bertz CT molecular complexity index is 1910. The van der Waals surface area contributed by atoms with Crippen LogP contribution in [0, 0.1) is 20.2 Å². The zero-order chi connectivity index (χ0) is 29.3. The lowest BCUT2D eigenvalue weighted by Gasteiger charge is -2.25. The average molecular weight is 573 g/mol. The van der Waals surface area contributed by atoms with Gasteiger partial charge in [-0.2, -0.15) is 0 Å². The van der Waals surface area contributed by atoms with Crippen LogP contribution in [0.2, 0.25) is 0 Å². The Labute approximate surface area is 234 Å². The van der Waals surface area contributed by atoms with E-state index in [-0.39, 0.29) is 27.1 Å². The van der Waals surface area contributed by atoms with E-state index < -0.39 is 44.5 Å². The molecule has 1 atom stereocenters. The van der Waals surface area contributed by atoms with Gasteiger partial charge < -0.3 is 9.84 Å². The number of non-ortho nitro benzene ring substituents is 1. The van der Waals surface area contributed by atoms with Gasteiger partial charge in [0.2, 0.25) is 5.75 Å². The zero-order valence-electron chi connectivity index (χ0n) is 21.3. The predicted octanol–water partition coefficient (Wildman–Crippen LogP) is 3.46. The Hall–Kier alpha value is -5.43. The Morgan fingerprint density at radius 1 is 1.07 bits per heavy atom. The van der Waals surface area contributed by atoms with Crippen LogP contribution in [0.25, 0.3) is 11.8 Å². The smallest absolute Gasteiger partial charge is 0.338 e. The van der Waals surface area contributed by atoms with Gasteiger partial charge in [0, 0.05) is 17.2 Å². The maximum absolute atomic E-state index is 13.9. The summed E-state index contributed by atoms with van der Waals surface area (Å²) in [6.45, 7) is 1.75. The van der Waals surface area contributed by atoms with Crippen LogP contribution < -0.4 is 14.9 Å². The number of fused-ring (bicyclic) bond motifs is 1. The fourth-order valence-corrected chi connectivity index (χ4v) is 5.50. The van der Waals surface area contributed by atoms with Crippen molar-refractivity contribution >= 4 is 40.5 Å². The molecule has 2 heterocycles. The van der Waals surface area contributed by atoms with Gasteiger partial charge in [-0.1, -0.05) is 72.0 Å². The normalized spacial score (nSPS) is 14.8. The predicted molar refractivity (Wildman–Crippen MR) is 149 cm³/mol. The summed E-state index contributed by atoms with van der Waals surface area (Å²) in [5, 5.41) is 33.4. The number of esters is 1. The maximum Gasteiger partial charge on any atom is 0.338 e. The van der Waals surface area contributed by atoms with Gasteiger partial charge in [0.15, 0.2) is 4.80 Å². The number of thiazole rings is 1. The van der Waals surface area contributed by atoms with Crippen LogP contribution in [0.3, 0.4) is 0 Å². The summed E-state index contributed by atoms with van der Waals surface area (Å²) >= 11 is 0.909. The lowest BCUT2D eigenvalue weighted by atomic mass is 9.93. The van der Waals surface area contributed by atoms with Crippen molar-refractivity contribution in [3.63, 3.8) is 0 Å². The van der Waals surface area contributed by atoms with Crippen LogP contribution in [-0.2, 0) is 9.53 Å². The van der Waals surface area contributed by atoms with Crippen LogP contribution >= 0.6 is 11.3 Å². The number of nitro benzene ring substituents is 2. The van der Waals surface area contributed by atoms with E-state index in [4.69, 9.17) is 4.74 Å². The van der Waals surface area contributed by atoms with Crippen molar-refractivity contribution in [2.24, 2.45) is 4.99 Å². The molecule has 4 aromatic rings. The molecule has 41 heavy (non-hydrogen) atoms. The van der Waals surface area contributed by atoms with E-state index in [1.807, 2.05) is 6.07 Å². The third-order valence-electron chi connectivity index (χ3n) is 6.29. The van der Waals surface area contributed by atoms with Gasteiger partial charge in [-0.3, -0.25) is 29.6 Å². The largest absolute Gasteiger partial charge is 0.502 e. The Kier molecular flexibility index (Phi) is 7.27. The van der Waals surface area contributed by atoms with Crippen LogP contribution in [0.4, 0.5) is 11.4 Å². The first-order valence-corrected chi connectivity index (χ1v) is 13.0. The van der Waals surface area contributed by atoms with Crippen molar-refractivity contribution in [1.82, 2.24) is 4.57 Å². The lowest BCUT2D eigenvalue weighted by molar-refractivity contribution is -0.394. The highest BCUT2D eigenvalue weighted by atomic mass is 32.1. The molecule has 0 aliphatic carbocycles. The number of ether oxygens (including phenoxy) is 1. The maximum atomic E-state index is 13.9. The van der Waals surface area contributed by atoms with E-state index in [0.29, 0.717) is 22.9 Å². The fourth-order valence-electron chi connectivity index (χ4n) is 4.51. The van der Waals surface area contributed by atoms with Gasteiger partial charge >= 0.3 is 11.7 Å². The number of phenolic OH excluding ortho intramolecular Hbond substituents is 1. The van der Waals surface area contributed by atoms with Crippen molar-refractivity contribution < 1.29 is 24.5 Å². The second-order valence-electron chi connectivity index (χ2n) is 8.76. The molecule has 0 unspecified atom stereocenters.